The Balaban J connectivity index is 1.59. The highest BCUT2D eigenvalue weighted by Gasteiger charge is 2.35. The van der Waals surface area contributed by atoms with Crippen LogP contribution in [0, 0.1) is 6.92 Å². The molecular formula is C25H29N3O4S. The third-order valence-corrected chi connectivity index (χ3v) is 9.01. The van der Waals surface area contributed by atoms with Crippen molar-refractivity contribution in [1.29, 1.82) is 0 Å². The molecule has 1 N–H and O–H groups in total. The van der Waals surface area contributed by atoms with Crippen LogP contribution in [0.15, 0.2) is 50.7 Å². The Morgan fingerprint density at radius 2 is 1.85 bits per heavy atom. The SMILES string of the molecule is Cc1ccc(-c2n[nH]c(=O)c3c2CCCC3)cc1S(=O)(=O)N(Cc1ccco1)C1CCCC1. The number of H-pyrrole nitrogens is 1. The fraction of sp³-hybridized carbons (Fsp3) is 0.440. The van der Waals surface area contributed by atoms with E-state index >= 15 is 0 Å². The van der Waals surface area contributed by atoms with Gasteiger partial charge in [-0.25, -0.2) is 13.5 Å². The molecule has 0 saturated heterocycles. The first-order valence-corrected chi connectivity index (χ1v) is 13.1. The van der Waals surface area contributed by atoms with Crippen LogP contribution in [0.1, 0.15) is 61.0 Å². The minimum Gasteiger partial charge on any atom is -0.468 e. The van der Waals surface area contributed by atoms with Gasteiger partial charge in [0.25, 0.3) is 5.56 Å². The summed E-state index contributed by atoms with van der Waals surface area (Å²) in [5.41, 5.74) is 3.68. The summed E-state index contributed by atoms with van der Waals surface area (Å²) in [7, 11) is -3.78. The number of benzene rings is 1. The largest absolute Gasteiger partial charge is 0.468 e. The number of aryl methyl sites for hydroxylation is 1. The summed E-state index contributed by atoms with van der Waals surface area (Å²) in [5, 5.41) is 6.96. The number of nitrogens with one attached hydrogen (secondary N) is 1. The van der Waals surface area contributed by atoms with Gasteiger partial charge in [-0.05, 0) is 74.8 Å². The average molecular weight is 468 g/mol. The molecule has 0 amide bonds. The van der Waals surface area contributed by atoms with Gasteiger partial charge < -0.3 is 4.42 Å². The Kier molecular flexibility index (Phi) is 5.97. The van der Waals surface area contributed by atoms with Crippen LogP contribution in [0.5, 0.6) is 0 Å². The second kappa shape index (κ2) is 8.91. The van der Waals surface area contributed by atoms with Crippen molar-refractivity contribution >= 4 is 10.0 Å². The molecule has 0 radical (unpaired) electrons. The lowest BCUT2D eigenvalue weighted by Crippen LogP contribution is -2.38. The van der Waals surface area contributed by atoms with Crippen molar-refractivity contribution < 1.29 is 12.8 Å². The molecule has 1 aromatic carbocycles. The Hall–Kier alpha value is -2.71. The minimum atomic E-state index is -3.78. The van der Waals surface area contributed by atoms with Gasteiger partial charge in [-0.3, -0.25) is 4.79 Å². The smallest absolute Gasteiger partial charge is 0.267 e. The monoisotopic (exact) mass is 467 g/mol. The molecule has 5 rings (SSSR count). The van der Waals surface area contributed by atoms with Crippen molar-refractivity contribution in [2.24, 2.45) is 0 Å². The molecule has 7 nitrogen and oxygen atoms in total. The maximum atomic E-state index is 14.0. The van der Waals surface area contributed by atoms with E-state index < -0.39 is 10.0 Å². The number of aromatic nitrogens is 2. The van der Waals surface area contributed by atoms with Crippen LogP contribution in [-0.2, 0) is 29.4 Å². The van der Waals surface area contributed by atoms with E-state index in [1.807, 2.05) is 25.1 Å². The first kappa shape index (κ1) is 22.1. The van der Waals surface area contributed by atoms with Gasteiger partial charge in [0.15, 0.2) is 0 Å². The number of rotatable bonds is 6. The van der Waals surface area contributed by atoms with E-state index in [4.69, 9.17) is 4.42 Å². The fourth-order valence-corrected chi connectivity index (χ4v) is 7.11. The number of fused-ring (bicyclic) bond motifs is 1. The number of aromatic amines is 1. The minimum absolute atomic E-state index is 0.0397. The van der Waals surface area contributed by atoms with Crippen LogP contribution < -0.4 is 5.56 Å². The molecule has 0 aliphatic heterocycles. The molecule has 0 spiro atoms. The molecule has 0 unspecified atom stereocenters. The molecule has 1 saturated carbocycles. The lowest BCUT2D eigenvalue weighted by atomic mass is 9.90. The van der Waals surface area contributed by atoms with Crippen molar-refractivity contribution in [3.05, 3.63) is 69.4 Å². The third kappa shape index (κ3) is 4.17. The maximum Gasteiger partial charge on any atom is 0.267 e. The highest BCUT2D eigenvalue weighted by atomic mass is 32.2. The molecule has 2 aliphatic carbocycles. The van der Waals surface area contributed by atoms with Gasteiger partial charge in [0, 0.05) is 17.2 Å². The summed E-state index contributed by atoms with van der Waals surface area (Å²) < 4.78 is 35.1. The predicted molar refractivity (Wildman–Crippen MR) is 125 cm³/mol. The Bertz CT molecular complexity index is 1310. The van der Waals surface area contributed by atoms with Gasteiger partial charge in [0.05, 0.1) is 23.4 Å². The second-order valence-corrected chi connectivity index (χ2v) is 11.0. The van der Waals surface area contributed by atoms with Crippen molar-refractivity contribution in [2.75, 3.05) is 0 Å². The number of nitrogens with zero attached hydrogens (tertiary/aromatic N) is 2. The highest BCUT2D eigenvalue weighted by molar-refractivity contribution is 7.89. The van der Waals surface area contributed by atoms with E-state index in [1.165, 1.54) is 0 Å². The maximum absolute atomic E-state index is 14.0. The zero-order chi connectivity index (χ0) is 23.0. The molecule has 2 heterocycles. The summed E-state index contributed by atoms with van der Waals surface area (Å²) in [6.07, 6.45) is 8.84. The van der Waals surface area contributed by atoms with Gasteiger partial charge in [0.2, 0.25) is 10.0 Å². The van der Waals surface area contributed by atoms with Gasteiger partial charge in [-0.15, -0.1) is 0 Å². The third-order valence-electron chi connectivity index (χ3n) is 6.97. The van der Waals surface area contributed by atoms with Crippen LogP contribution in [0.25, 0.3) is 11.3 Å². The second-order valence-electron chi connectivity index (χ2n) is 9.11. The van der Waals surface area contributed by atoms with Gasteiger partial charge >= 0.3 is 0 Å². The zero-order valence-electron chi connectivity index (χ0n) is 18.8. The fourth-order valence-electron chi connectivity index (χ4n) is 5.21. The summed E-state index contributed by atoms with van der Waals surface area (Å²) in [6.45, 7) is 2.04. The summed E-state index contributed by atoms with van der Waals surface area (Å²) in [5.74, 6) is 0.635. The first-order chi connectivity index (χ1) is 15.9. The summed E-state index contributed by atoms with van der Waals surface area (Å²) in [6, 6.07) is 9.02. The highest BCUT2D eigenvalue weighted by Crippen LogP contribution is 2.34. The zero-order valence-corrected chi connectivity index (χ0v) is 19.7. The van der Waals surface area contributed by atoms with Crippen LogP contribution >= 0.6 is 0 Å². The van der Waals surface area contributed by atoms with Gasteiger partial charge in [0.1, 0.15) is 5.76 Å². The quantitative estimate of drug-likeness (QED) is 0.581. The normalized spacial score (nSPS) is 16.9. The molecule has 33 heavy (non-hydrogen) atoms. The molecule has 1 fully saturated rings. The molecule has 3 aromatic rings. The summed E-state index contributed by atoms with van der Waals surface area (Å²) >= 11 is 0. The summed E-state index contributed by atoms with van der Waals surface area (Å²) in [4.78, 5) is 12.6. The van der Waals surface area contributed by atoms with Gasteiger partial charge in [-0.1, -0.05) is 25.0 Å². The standard InChI is InChI=1S/C25H29N3O4S/c1-17-12-13-18(24-21-10-4-5-11-22(21)25(29)27-26-24)15-23(17)33(30,31)28(19-7-2-3-8-19)16-20-9-6-14-32-20/h6,9,12-15,19H,2-5,7-8,10-11,16H2,1H3,(H,27,29). The molecule has 174 valence electrons. The van der Waals surface area contributed by atoms with Crippen molar-refractivity contribution in [3.63, 3.8) is 0 Å². The molecule has 0 bridgehead atoms. The van der Waals surface area contributed by atoms with E-state index in [2.05, 4.69) is 10.2 Å². The number of sulfonamides is 1. The molecule has 2 aliphatic rings. The van der Waals surface area contributed by atoms with E-state index in [1.54, 1.807) is 22.7 Å². The molecule has 0 atom stereocenters. The lowest BCUT2D eigenvalue weighted by molar-refractivity contribution is 0.292. The Labute approximate surface area is 193 Å². The predicted octanol–water partition coefficient (Wildman–Crippen LogP) is 4.35. The van der Waals surface area contributed by atoms with Crippen LogP contribution in [0.3, 0.4) is 0 Å². The van der Waals surface area contributed by atoms with Crippen molar-refractivity contribution in [3.8, 4) is 11.3 Å². The van der Waals surface area contributed by atoms with E-state index in [0.717, 1.165) is 68.1 Å². The molecule has 8 heteroatoms. The lowest BCUT2D eigenvalue weighted by Gasteiger charge is -2.28. The molecule has 2 aromatic heterocycles. The van der Waals surface area contributed by atoms with Crippen LogP contribution in [-0.4, -0.2) is 29.0 Å². The topological polar surface area (TPSA) is 96.3 Å². The molecular weight excluding hydrogens is 438 g/mol. The van der Waals surface area contributed by atoms with E-state index in [-0.39, 0.29) is 23.0 Å². The average Bonchev–Trinajstić information content (AvgIpc) is 3.53. The van der Waals surface area contributed by atoms with Crippen molar-refractivity contribution in [1.82, 2.24) is 14.5 Å². The first-order valence-electron chi connectivity index (χ1n) is 11.7. The van der Waals surface area contributed by atoms with E-state index in [0.29, 0.717) is 17.0 Å². The van der Waals surface area contributed by atoms with E-state index in [9.17, 15) is 13.2 Å². The van der Waals surface area contributed by atoms with Gasteiger partial charge in [-0.2, -0.15) is 9.40 Å². The Morgan fingerprint density at radius 1 is 1.09 bits per heavy atom. The number of hydrogen-bond acceptors (Lipinski definition) is 5. The van der Waals surface area contributed by atoms with Crippen LogP contribution in [0.4, 0.5) is 0 Å². The number of hydrogen-bond donors (Lipinski definition) is 1. The Morgan fingerprint density at radius 3 is 2.58 bits per heavy atom. The number of furan rings is 1. The van der Waals surface area contributed by atoms with Crippen molar-refractivity contribution in [2.45, 2.75) is 75.8 Å². The van der Waals surface area contributed by atoms with Crippen LogP contribution in [0.2, 0.25) is 0 Å².